The number of para-hydroxylation sites is 4. The Morgan fingerprint density at radius 2 is 1.05 bits per heavy atom. The summed E-state index contributed by atoms with van der Waals surface area (Å²) in [5.74, 6) is 0. The first-order valence-corrected chi connectivity index (χ1v) is 12.0. The summed E-state index contributed by atoms with van der Waals surface area (Å²) in [6.45, 7) is 0. The van der Waals surface area contributed by atoms with Gasteiger partial charge in [-0.25, -0.2) is 0 Å². The van der Waals surface area contributed by atoms with Gasteiger partial charge in [0.25, 0.3) is 0 Å². The molecule has 0 bridgehead atoms. The van der Waals surface area contributed by atoms with E-state index in [9.17, 15) is 0 Å². The van der Waals surface area contributed by atoms with Crippen LogP contribution < -0.4 is 0 Å². The highest BCUT2D eigenvalue weighted by Gasteiger charge is 2.19. The van der Waals surface area contributed by atoms with Gasteiger partial charge in [0.1, 0.15) is 0 Å². The Morgan fingerprint density at radius 1 is 0.421 bits per heavy atom. The molecule has 0 aliphatic rings. The lowest BCUT2D eigenvalue weighted by Gasteiger charge is -2.14. The Hall–Kier alpha value is -5.08. The molecule has 2 aromatic heterocycles. The van der Waals surface area contributed by atoms with Crippen LogP contribution in [0.5, 0.6) is 0 Å². The zero-order valence-electron chi connectivity index (χ0n) is 32.7. The summed E-state index contributed by atoms with van der Waals surface area (Å²) in [5, 5.41) is 1.55. The third-order valence-electron chi connectivity index (χ3n) is 6.86. The Kier molecular flexibility index (Phi) is 2.59. The van der Waals surface area contributed by atoms with Crippen LogP contribution in [0.3, 0.4) is 0 Å². The van der Waals surface area contributed by atoms with Gasteiger partial charge in [-0.15, -0.1) is 0 Å². The fourth-order valence-electron chi connectivity index (χ4n) is 5.28. The van der Waals surface area contributed by atoms with Gasteiger partial charge < -0.3 is 9.13 Å². The highest BCUT2D eigenvalue weighted by molar-refractivity contribution is 6.15. The molecule has 0 amide bonds. The van der Waals surface area contributed by atoms with Crippen LogP contribution in [0.1, 0.15) is 17.8 Å². The van der Waals surface area contributed by atoms with Gasteiger partial charge in [-0.1, -0.05) is 109 Å². The maximum atomic E-state index is 9.01. The second kappa shape index (κ2) is 8.22. The molecule has 0 saturated heterocycles. The number of hydrogen-bond acceptors (Lipinski definition) is 0. The number of hydrogen-bond donors (Lipinski definition) is 0. The maximum absolute atomic E-state index is 9.01. The fraction of sp³-hybridized carbons (Fsp3) is 0. The molecule has 0 saturated carbocycles. The molecule has 0 N–H and O–H groups in total. The van der Waals surface area contributed by atoms with Gasteiger partial charge in [-0.05, 0) is 47.5 Å². The van der Waals surface area contributed by atoms with Crippen molar-refractivity contribution >= 4 is 43.6 Å². The monoisotopic (exact) mass is 497 g/mol. The van der Waals surface area contributed by atoms with E-state index in [1.54, 1.807) is 36.4 Å². The lowest BCUT2D eigenvalue weighted by molar-refractivity contribution is 1.13. The Balaban J connectivity index is 1.52. The van der Waals surface area contributed by atoms with Crippen LogP contribution in [-0.2, 0) is 0 Å². The van der Waals surface area contributed by atoms with Crippen molar-refractivity contribution in [2.45, 2.75) is 0 Å². The van der Waals surface area contributed by atoms with Gasteiger partial charge in [0, 0.05) is 27.2 Å². The Bertz CT molecular complexity index is 2730. The van der Waals surface area contributed by atoms with Gasteiger partial charge >= 0.3 is 0 Å². The number of benzene rings is 6. The molecule has 0 radical (unpaired) electrons. The van der Waals surface area contributed by atoms with Crippen LogP contribution in [0.2, 0.25) is 0 Å². The van der Waals surface area contributed by atoms with E-state index in [-0.39, 0.29) is 39.5 Å². The van der Waals surface area contributed by atoms with E-state index in [1.807, 2.05) is 34.9 Å². The van der Waals surface area contributed by atoms with Crippen LogP contribution in [0.25, 0.3) is 66.1 Å². The summed E-state index contributed by atoms with van der Waals surface area (Å²) in [5.41, 5.74) is 2.83. The summed E-state index contributed by atoms with van der Waals surface area (Å²) in [7, 11) is 0. The largest absolute Gasteiger partial charge is 0.307 e. The molecule has 2 nitrogen and oxygen atoms in total. The molecule has 0 atom stereocenters. The predicted octanol–water partition coefficient (Wildman–Crippen LogP) is 9.55. The van der Waals surface area contributed by atoms with Crippen LogP contribution in [-0.4, -0.2) is 9.13 Å². The molecule has 8 rings (SSSR count). The summed E-state index contributed by atoms with van der Waals surface area (Å²) >= 11 is 0. The van der Waals surface area contributed by atoms with E-state index in [0.717, 1.165) is 16.3 Å². The Labute approximate surface area is 238 Å². The van der Waals surface area contributed by atoms with Crippen LogP contribution in [0.15, 0.2) is 145 Å². The molecule has 8 aromatic rings. The Morgan fingerprint density at radius 3 is 1.79 bits per heavy atom. The van der Waals surface area contributed by atoms with Crippen LogP contribution in [0, 0.1) is 0 Å². The quantitative estimate of drug-likeness (QED) is 0.230. The molecule has 2 heterocycles. The van der Waals surface area contributed by atoms with Crippen molar-refractivity contribution in [1.82, 2.24) is 9.13 Å². The van der Waals surface area contributed by atoms with Gasteiger partial charge in [0.15, 0.2) is 0 Å². The van der Waals surface area contributed by atoms with Crippen molar-refractivity contribution in [3.8, 4) is 22.5 Å². The second-order valence-electron chi connectivity index (χ2n) is 8.86. The van der Waals surface area contributed by atoms with Crippen molar-refractivity contribution in [1.29, 1.82) is 0 Å². The van der Waals surface area contributed by atoms with Gasteiger partial charge in [0.2, 0.25) is 0 Å². The van der Waals surface area contributed by atoms with Crippen molar-refractivity contribution in [2.75, 3.05) is 0 Å². The summed E-state index contributed by atoms with van der Waals surface area (Å²) < 4.78 is 114. The van der Waals surface area contributed by atoms with E-state index in [4.69, 9.17) is 17.8 Å². The molecule has 178 valence electrons. The summed E-state index contributed by atoms with van der Waals surface area (Å²) in [6.07, 6.45) is 0. The molecule has 0 fully saturated rings. The predicted molar refractivity (Wildman–Crippen MR) is 161 cm³/mol. The highest BCUT2D eigenvalue weighted by atomic mass is 15.1. The van der Waals surface area contributed by atoms with E-state index >= 15 is 0 Å². The number of rotatable bonds is 3. The zero-order chi connectivity index (χ0) is 36.4. The first-order valence-electron chi connectivity index (χ1n) is 18.5. The number of aromatic nitrogens is 2. The fourth-order valence-corrected chi connectivity index (χ4v) is 5.28. The lowest BCUT2D eigenvalue weighted by Crippen LogP contribution is -2.00. The van der Waals surface area contributed by atoms with E-state index in [2.05, 4.69) is 0 Å². The summed E-state index contributed by atoms with van der Waals surface area (Å²) in [6, 6.07) is 14.1. The minimum atomic E-state index is -0.523. The standard InChI is InChI=1S/C36H24N2/c1-2-11-25(12-3-1)26-21-23-27(24-22-26)37-32-17-7-6-15-30(32)31-16-10-20-35(36(31)37)38-33-18-8-4-13-28(33)29-14-5-9-19-34(29)38/h1-24H/i1D,2D,3D,4D,5D,8D,9D,11D,12D,13D,14D,18D,19D. The maximum Gasteiger partial charge on any atom is 0.0782 e. The molecule has 0 aliphatic heterocycles. The average Bonchev–Trinajstić information content (AvgIpc) is 3.68. The molecule has 2 heteroatoms. The van der Waals surface area contributed by atoms with Crippen LogP contribution in [0.4, 0.5) is 0 Å². The average molecular weight is 498 g/mol. The first-order chi connectivity index (χ1) is 24.3. The molecule has 0 aliphatic carbocycles. The molecular formula is C36H24N2. The smallest absolute Gasteiger partial charge is 0.0782 e. The SMILES string of the molecule is [2H]c1c([2H])c([2H])c(-c2ccc(-n3c4ccccc4c4cccc(-n5c6c([2H])c([2H])c([2H])c([2H])c6c6c([2H])c([2H])c([2H])c([2H])c65)c43)cc2)c([2H])c1[2H]. The van der Waals surface area contributed by atoms with E-state index in [1.165, 1.54) is 4.57 Å². The van der Waals surface area contributed by atoms with Crippen LogP contribution >= 0.6 is 0 Å². The van der Waals surface area contributed by atoms with Crippen molar-refractivity contribution in [3.63, 3.8) is 0 Å². The topological polar surface area (TPSA) is 9.86 Å². The second-order valence-corrected chi connectivity index (χ2v) is 8.86. The molecule has 6 aromatic carbocycles. The lowest BCUT2D eigenvalue weighted by atomic mass is 10.1. The molecule has 0 unspecified atom stereocenters. The highest BCUT2D eigenvalue weighted by Crippen LogP contribution is 2.39. The molecule has 38 heavy (non-hydrogen) atoms. The van der Waals surface area contributed by atoms with E-state index < -0.39 is 66.5 Å². The third kappa shape index (κ3) is 3.01. The zero-order valence-corrected chi connectivity index (χ0v) is 19.7. The van der Waals surface area contributed by atoms with Crippen molar-refractivity contribution < 1.29 is 17.8 Å². The third-order valence-corrected chi connectivity index (χ3v) is 6.86. The van der Waals surface area contributed by atoms with Gasteiger partial charge in [0.05, 0.1) is 45.6 Å². The van der Waals surface area contributed by atoms with Gasteiger partial charge in [-0.3, -0.25) is 0 Å². The van der Waals surface area contributed by atoms with E-state index in [0.29, 0.717) is 22.5 Å². The molecular weight excluding hydrogens is 460 g/mol. The van der Waals surface area contributed by atoms with Crippen molar-refractivity contribution in [2.24, 2.45) is 0 Å². The molecule has 0 spiro atoms. The minimum absolute atomic E-state index is 0.00356. The minimum Gasteiger partial charge on any atom is -0.307 e. The first kappa shape index (κ1) is 12.0. The summed E-state index contributed by atoms with van der Waals surface area (Å²) in [4.78, 5) is 0. The van der Waals surface area contributed by atoms with Crippen molar-refractivity contribution in [3.05, 3.63) is 145 Å². The normalized spacial score (nSPS) is 16.5. The van der Waals surface area contributed by atoms with Gasteiger partial charge in [-0.2, -0.15) is 0 Å². The number of fused-ring (bicyclic) bond motifs is 6. The number of nitrogens with zero attached hydrogens (tertiary/aromatic N) is 2.